The first kappa shape index (κ1) is 23.4. The number of hydrogen-bond acceptors (Lipinski definition) is 6. The first-order chi connectivity index (χ1) is 17.6. The topological polar surface area (TPSA) is 70.1 Å². The molecule has 3 aromatic carbocycles. The number of methoxy groups -OCH3 is 2. The lowest BCUT2D eigenvalue weighted by molar-refractivity contribution is -0.117. The van der Waals surface area contributed by atoms with E-state index < -0.39 is 5.82 Å². The molecular formula is C28H25FN2O5. The average Bonchev–Trinajstić information content (AvgIpc) is 3.28. The van der Waals surface area contributed by atoms with Gasteiger partial charge in [0.1, 0.15) is 17.0 Å². The number of fused-ring (bicyclic) bond motifs is 1. The molecule has 0 radical (unpaired) electrons. The lowest BCUT2D eigenvalue weighted by Crippen LogP contribution is -2.25. The molecule has 1 aliphatic rings. The van der Waals surface area contributed by atoms with Crippen LogP contribution < -0.4 is 23.8 Å². The van der Waals surface area contributed by atoms with Gasteiger partial charge in [-0.3, -0.25) is 9.78 Å². The minimum absolute atomic E-state index is 0.0202. The van der Waals surface area contributed by atoms with E-state index in [4.69, 9.17) is 18.9 Å². The number of ether oxygens (including phenoxy) is 4. The van der Waals surface area contributed by atoms with Gasteiger partial charge in [-0.1, -0.05) is 18.2 Å². The van der Waals surface area contributed by atoms with E-state index in [2.05, 4.69) is 4.98 Å². The number of pyridine rings is 1. The van der Waals surface area contributed by atoms with Crippen molar-refractivity contribution in [1.82, 2.24) is 4.98 Å². The van der Waals surface area contributed by atoms with Crippen LogP contribution in [0.3, 0.4) is 0 Å². The Bertz CT molecular complexity index is 1400. The molecule has 1 aliphatic heterocycles. The van der Waals surface area contributed by atoms with E-state index in [1.807, 2.05) is 30.3 Å². The number of nitrogens with zero attached hydrogens (tertiary/aromatic N) is 2. The lowest BCUT2D eigenvalue weighted by atomic mass is 10.1. The van der Waals surface area contributed by atoms with Gasteiger partial charge in [-0.25, -0.2) is 4.39 Å². The van der Waals surface area contributed by atoms with Crippen molar-refractivity contribution in [3.63, 3.8) is 0 Å². The SMILES string of the molecule is COc1ccc2c(Oc3ccc(N4CC(COc5ccccc5)CC4=O)cc3F)ccnc2c1OC. The van der Waals surface area contributed by atoms with Crippen LogP contribution in [0.4, 0.5) is 10.1 Å². The zero-order valence-corrected chi connectivity index (χ0v) is 19.9. The van der Waals surface area contributed by atoms with Crippen molar-refractivity contribution in [2.75, 3.05) is 32.3 Å². The molecular weight excluding hydrogens is 463 g/mol. The first-order valence-corrected chi connectivity index (χ1v) is 11.5. The number of anilines is 1. The molecule has 2 heterocycles. The summed E-state index contributed by atoms with van der Waals surface area (Å²) in [5.41, 5.74) is 1.02. The third kappa shape index (κ3) is 4.62. The van der Waals surface area contributed by atoms with E-state index in [-0.39, 0.29) is 17.6 Å². The number of amides is 1. The fourth-order valence-electron chi connectivity index (χ4n) is 4.33. The first-order valence-electron chi connectivity index (χ1n) is 11.5. The van der Waals surface area contributed by atoms with E-state index >= 15 is 4.39 Å². The molecule has 7 nitrogen and oxygen atoms in total. The van der Waals surface area contributed by atoms with Gasteiger partial charge >= 0.3 is 0 Å². The Kier molecular flexibility index (Phi) is 6.58. The smallest absolute Gasteiger partial charge is 0.227 e. The van der Waals surface area contributed by atoms with Crippen LogP contribution in [0, 0.1) is 11.7 Å². The Morgan fingerprint density at radius 2 is 1.78 bits per heavy atom. The number of aromatic nitrogens is 1. The summed E-state index contributed by atoms with van der Waals surface area (Å²) < 4.78 is 37.6. The molecule has 0 bridgehead atoms. The van der Waals surface area contributed by atoms with E-state index in [9.17, 15) is 4.79 Å². The molecule has 1 unspecified atom stereocenters. The van der Waals surface area contributed by atoms with Crippen LogP contribution >= 0.6 is 0 Å². The summed E-state index contributed by atoms with van der Waals surface area (Å²) in [6.07, 6.45) is 1.91. The summed E-state index contributed by atoms with van der Waals surface area (Å²) >= 11 is 0. The third-order valence-electron chi connectivity index (χ3n) is 6.10. The molecule has 36 heavy (non-hydrogen) atoms. The standard InChI is InChI=1S/C28H25FN2O5/c1-33-25-11-9-21-23(12-13-30-27(21)28(25)34-2)36-24-10-8-19(15-22(24)29)31-16-18(14-26(31)32)17-35-20-6-4-3-5-7-20/h3-13,15,18H,14,16-17H2,1-2H3. The molecule has 184 valence electrons. The summed E-state index contributed by atoms with van der Waals surface area (Å²) in [7, 11) is 3.08. The minimum atomic E-state index is -0.574. The molecule has 0 saturated carbocycles. The van der Waals surface area contributed by atoms with E-state index in [0.717, 1.165) is 5.75 Å². The zero-order valence-electron chi connectivity index (χ0n) is 19.9. The third-order valence-corrected chi connectivity index (χ3v) is 6.10. The van der Waals surface area contributed by atoms with E-state index in [1.165, 1.54) is 19.2 Å². The largest absolute Gasteiger partial charge is 0.493 e. The Morgan fingerprint density at radius 3 is 2.53 bits per heavy atom. The Morgan fingerprint density at radius 1 is 0.972 bits per heavy atom. The molecule has 4 aromatic rings. The van der Waals surface area contributed by atoms with Crippen molar-refractivity contribution >= 4 is 22.5 Å². The van der Waals surface area contributed by atoms with E-state index in [0.29, 0.717) is 53.4 Å². The molecule has 1 atom stereocenters. The van der Waals surface area contributed by atoms with Crippen LogP contribution in [0.1, 0.15) is 6.42 Å². The van der Waals surface area contributed by atoms with Crippen LogP contribution in [0.5, 0.6) is 28.7 Å². The maximum atomic E-state index is 15.1. The van der Waals surface area contributed by atoms with Crippen molar-refractivity contribution in [3.05, 3.63) is 78.7 Å². The number of rotatable bonds is 8. The molecule has 1 saturated heterocycles. The van der Waals surface area contributed by atoms with Gasteiger partial charge in [0.05, 0.1) is 20.8 Å². The highest BCUT2D eigenvalue weighted by atomic mass is 19.1. The highest BCUT2D eigenvalue weighted by molar-refractivity contribution is 5.96. The average molecular weight is 489 g/mol. The van der Waals surface area contributed by atoms with Gasteiger partial charge < -0.3 is 23.8 Å². The Hall–Kier alpha value is -4.33. The van der Waals surface area contributed by atoms with Gasteiger partial charge in [-0.15, -0.1) is 0 Å². The van der Waals surface area contributed by atoms with Gasteiger partial charge in [-0.05, 0) is 42.5 Å². The molecule has 5 rings (SSSR count). The zero-order chi connectivity index (χ0) is 25.1. The van der Waals surface area contributed by atoms with Crippen LogP contribution in [0.2, 0.25) is 0 Å². The second-order valence-corrected chi connectivity index (χ2v) is 8.42. The minimum Gasteiger partial charge on any atom is -0.493 e. The monoisotopic (exact) mass is 488 g/mol. The molecule has 0 aliphatic carbocycles. The number of benzene rings is 3. The second-order valence-electron chi connectivity index (χ2n) is 8.42. The summed E-state index contributed by atoms with van der Waals surface area (Å²) in [6.45, 7) is 0.876. The van der Waals surface area contributed by atoms with Crippen molar-refractivity contribution in [3.8, 4) is 28.7 Å². The normalized spacial score (nSPS) is 15.2. The number of carbonyl (C=O) groups excluding carboxylic acids is 1. The summed E-state index contributed by atoms with van der Waals surface area (Å²) in [6, 6.07) is 19.2. The number of halogens is 1. The van der Waals surface area contributed by atoms with Gasteiger partial charge in [0, 0.05) is 42.2 Å². The fourth-order valence-corrected chi connectivity index (χ4v) is 4.33. The number of para-hydroxylation sites is 1. The van der Waals surface area contributed by atoms with Crippen molar-refractivity contribution in [2.45, 2.75) is 6.42 Å². The highest BCUT2D eigenvalue weighted by Crippen LogP contribution is 2.39. The predicted molar refractivity (Wildman–Crippen MR) is 134 cm³/mol. The summed E-state index contributed by atoms with van der Waals surface area (Å²) in [5.74, 6) is 1.60. The lowest BCUT2D eigenvalue weighted by Gasteiger charge is -2.18. The molecule has 0 spiro atoms. The van der Waals surface area contributed by atoms with Gasteiger partial charge in [0.2, 0.25) is 5.91 Å². The van der Waals surface area contributed by atoms with Crippen LogP contribution in [-0.2, 0) is 4.79 Å². The Labute approximate surface area is 208 Å². The van der Waals surface area contributed by atoms with Gasteiger partial charge in [-0.2, -0.15) is 0 Å². The molecule has 8 heteroatoms. The molecule has 1 fully saturated rings. The van der Waals surface area contributed by atoms with Crippen LogP contribution in [0.15, 0.2) is 72.9 Å². The van der Waals surface area contributed by atoms with Crippen molar-refractivity contribution in [1.29, 1.82) is 0 Å². The summed E-state index contributed by atoms with van der Waals surface area (Å²) in [4.78, 5) is 18.6. The van der Waals surface area contributed by atoms with Gasteiger partial charge in [0.25, 0.3) is 0 Å². The van der Waals surface area contributed by atoms with Crippen LogP contribution in [-0.4, -0.2) is 38.3 Å². The fraction of sp³-hybridized carbons (Fsp3) is 0.214. The summed E-state index contributed by atoms with van der Waals surface area (Å²) in [5, 5.41) is 0.648. The van der Waals surface area contributed by atoms with Crippen molar-refractivity contribution in [2.24, 2.45) is 5.92 Å². The maximum absolute atomic E-state index is 15.1. The molecule has 1 aromatic heterocycles. The van der Waals surface area contributed by atoms with Gasteiger partial charge in [0.15, 0.2) is 23.1 Å². The Balaban J connectivity index is 1.32. The highest BCUT2D eigenvalue weighted by Gasteiger charge is 2.31. The molecule has 0 N–H and O–H groups in total. The van der Waals surface area contributed by atoms with Crippen molar-refractivity contribution < 1.29 is 28.1 Å². The maximum Gasteiger partial charge on any atom is 0.227 e. The second kappa shape index (κ2) is 10.1. The van der Waals surface area contributed by atoms with E-state index in [1.54, 1.807) is 42.5 Å². The number of hydrogen-bond donors (Lipinski definition) is 0. The number of carbonyl (C=O) groups is 1. The molecule has 1 amide bonds. The predicted octanol–water partition coefficient (Wildman–Crippen LogP) is 5.62. The van der Waals surface area contributed by atoms with Crippen LogP contribution in [0.25, 0.3) is 10.9 Å². The quantitative estimate of drug-likeness (QED) is 0.321.